The first-order chi connectivity index (χ1) is 14.5. The number of hydrogen-bond acceptors (Lipinski definition) is 4. The average Bonchev–Trinajstić information content (AvgIpc) is 2.82. The molecule has 3 aromatic rings. The molecule has 0 saturated heterocycles. The van der Waals surface area contributed by atoms with E-state index in [0.717, 1.165) is 5.56 Å². The van der Waals surface area contributed by atoms with Crippen LogP contribution in [0.5, 0.6) is 5.75 Å². The summed E-state index contributed by atoms with van der Waals surface area (Å²) in [5.41, 5.74) is 0.882. The Morgan fingerprint density at radius 3 is 1.80 bits per heavy atom. The van der Waals surface area contributed by atoms with Crippen molar-refractivity contribution in [3.63, 3.8) is 0 Å². The Balaban J connectivity index is 2.12. The maximum absolute atomic E-state index is 14.4. The molecule has 0 saturated carbocycles. The van der Waals surface area contributed by atoms with E-state index >= 15 is 0 Å². The predicted octanol–water partition coefficient (Wildman–Crippen LogP) is 3.98. The SMILES string of the molecule is C=C(C(=O)OC)C(NP(=O)(c1ccccc1)c1ccccc1)c1ccc(OC)cc1. The molecule has 3 aromatic carbocycles. The van der Waals surface area contributed by atoms with E-state index in [9.17, 15) is 9.36 Å². The van der Waals surface area contributed by atoms with Crippen molar-refractivity contribution in [1.29, 1.82) is 0 Å². The molecule has 0 heterocycles. The lowest BCUT2D eigenvalue weighted by Gasteiger charge is -2.28. The van der Waals surface area contributed by atoms with Crippen LogP contribution < -0.4 is 20.4 Å². The molecule has 0 fully saturated rings. The molecule has 0 aromatic heterocycles. The lowest BCUT2D eigenvalue weighted by molar-refractivity contribution is -0.136. The number of nitrogens with one attached hydrogen (secondary N) is 1. The van der Waals surface area contributed by atoms with Crippen LogP contribution in [0.3, 0.4) is 0 Å². The van der Waals surface area contributed by atoms with Crippen molar-refractivity contribution in [1.82, 2.24) is 5.09 Å². The van der Waals surface area contributed by atoms with Gasteiger partial charge in [0, 0.05) is 10.6 Å². The van der Waals surface area contributed by atoms with Gasteiger partial charge in [-0.25, -0.2) is 9.88 Å². The topological polar surface area (TPSA) is 64.6 Å². The van der Waals surface area contributed by atoms with Crippen molar-refractivity contribution in [2.75, 3.05) is 14.2 Å². The Labute approximate surface area is 176 Å². The van der Waals surface area contributed by atoms with Crippen LogP contribution in [0.1, 0.15) is 11.6 Å². The summed E-state index contributed by atoms with van der Waals surface area (Å²) in [6.07, 6.45) is 0. The fraction of sp³-hybridized carbons (Fsp3) is 0.125. The number of hydrogen-bond donors (Lipinski definition) is 1. The molecular formula is C24H24NO4P. The minimum atomic E-state index is -3.32. The van der Waals surface area contributed by atoms with Gasteiger partial charge in [0.25, 0.3) is 0 Å². The first-order valence-electron chi connectivity index (χ1n) is 9.39. The number of carbonyl (C=O) groups excluding carboxylic acids is 1. The van der Waals surface area contributed by atoms with Crippen molar-refractivity contribution in [2.45, 2.75) is 6.04 Å². The molecule has 0 aliphatic heterocycles. The van der Waals surface area contributed by atoms with E-state index < -0.39 is 19.3 Å². The van der Waals surface area contributed by atoms with Crippen LogP contribution in [0.25, 0.3) is 0 Å². The highest BCUT2D eigenvalue weighted by molar-refractivity contribution is 7.76. The molecular weight excluding hydrogens is 397 g/mol. The summed E-state index contributed by atoms with van der Waals surface area (Å²) in [5, 5.41) is 4.51. The van der Waals surface area contributed by atoms with E-state index in [1.54, 1.807) is 19.2 Å². The maximum Gasteiger partial charge on any atom is 0.335 e. The highest BCUT2D eigenvalue weighted by Gasteiger charge is 2.33. The predicted molar refractivity (Wildman–Crippen MR) is 120 cm³/mol. The summed E-state index contributed by atoms with van der Waals surface area (Å²) >= 11 is 0. The number of benzene rings is 3. The van der Waals surface area contributed by atoms with Crippen molar-refractivity contribution < 1.29 is 18.8 Å². The van der Waals surface area contributed by atoms with E-state index in [0.29, 0.717) is 16.4 Å². The van der Waals surface area contributed by atoms with Gasteiger partial charge >= 0.3 is 5.97 Å². The molecule has 6 heteroatoms. The Hall–Kier alpha value is -3.14. The zero-order valence-corrected chi connectivity index (χ0v) is 17.8. The third-order valence-electron chi connectivity index (χ3n) is 4.80. The van der Waals surface area contributed by atoms with Crippen molar-refractivity contribution in [3.05, 3.63) is 103 Å². The van der Waals surface area contributed by atoms with E-state index in [2.05, 4.69) is 11.7 Å². The summed E-state index contributed by atoms with van der Waals surface area (Å²) in [6, 6.07) is 24.8. The van der Waals surface area contributed by atoms with Gasteiger partial charge < -0.3 is 9.47 Å². The summed E-state index contributed by atoms with van der Waals surface area (Å²) in [4.78, 5) is 12.3. The van der Waals surface area contributed by atoms with Gasteiger partial charge in [-0.2, -0.15) is 0 Å². The fourth-order valence-electron chi connectivity index (χ4n) is 3.15. The minimum Gasteiger partial charge on any atom is -0.497 e. The van der Waals surface area contributed by atoms with Crippen LogP contribution in [0.2, 0.25) is 0 Å². The standard InChI is InChI=1S/C24H24NO4P/c1-18(24(26)29-3)23(19-14-16-20(28-2)17-15-19)25-30(27,21-10-6-4-7-11-21)22-12-8-5-9-13-22/h4-17,23H,1H2,2-3H3,(H,25,27). The Morgan fingerprint density at radius 2 is 1.37 bits per heavy atom. The molecule has 5 nitrogen and oxygen atoms in total. The van der Waals surface area contributed by atoms with Gasteiger partial charge in [0.05, 0.1) is 25.8 Å². The molecule has 30 heavy (non-hydrogen) atoms. The Kier molecular flexibility index (Phi) is 6.88. The van der Waals surface area contributed by atoms with Gasteiger partial charge in [0.15, 0.2) is 0 Å². The van der Waals surface area contributed by atoms with Gasteiger partial charge in [-0.3, -0.25) is 4.57 Å². The monoisotopic (exact) mass is 421 g/mol. The number of ether oxygens (including phenoxy) is 2. The lowest BCUT2D eigenvalue weighted by atomic mass is 10.0. The van der Waals surface area contributed by atoms with Gasteiger partial charge in [0.2, 0.25) is 7.29 Å². The smallest absolute Gasteiger partial charge is 0.335 e. The van der Waals surface area contributed by atoms with Crippen molar-refractivity contribution >= 4 is 23.9 Å². The summed E-state index contributed by atoms with van der Waals surface area (Å²) in [5.74, 6) is 0.103. The Bertz CT molecular complexity index is 1010. The van der Waals surface area contributed by atoms with Gasteiger partial charge in [-0.05, 0) is 42.0 Å². The second kappa shape index (κ2) is 9.57. The molecule has 3 rings (SSSR count). The summed E-state index contributed by atoms with van der Waals surface area (Å²) in [7, 11) is -0.440. The minimum absolute atomic E-state index is 0.162. The number of rotatable bonds is 8. The molecule has 1 unspecified atom stereocenters. The van der Waals surface area contributed by atoms with E-state index in [1.807, 2.05) is 72.8 Å². The van der Waals surface area contributed by atoms with E-state index in [4.69, 9.17) is 9.47 Å². The zero-order chi connectivity index (χ0) is 21.6. The van der Waals surface area contributed by atoms with Crippen molar-refractivity contribution in [2.24, 2.45) is 0 Å². The van der Waals surface area contributed by atoms with Crippen molar-refractivity contribution in [3.8, 4) is 5.75 Å². The van der Waals surface area contributed by atoms with Crippen LogP contribution >= 0.6 is 7.29 Å². The molecule has 0 spiro atoms. The molecule has 0 amide bonds. The van der Waals surface area contributed by atoms with Crippen LogP contribution in [-0.4, -0.2) is 20.2 Å². The lowest BCUT2D eigenvalue weighted by Crippen LogP contribution is -2.33. The molecule has 0 radical (unpaired) electrons. The number of esters is 1. The van der Waals surface area contributed by atoms with Gasteiger partial charge in [0.1, 0.15) is 5.75 Å². The quantitative estimate of drug-likeness (QED) is 0.339. The van der Waals surface area contributed by atoms with Crippen LogP contribution in [0.4, 0.5) is 0 Å². The highest BCUT2D eigenvalue weighted by atomic mass is 31.2. The second-order valence-corrected chi connectivity index (χ2v) is 9.14. The summed E-state index contributed by atoms with van der Waals surface area (Å²) in [6.45, 7) is 3.93. The second-order valence-electron chi connectivity index (χ2n) is 6.63. The molecule has 1 N–H and O–H groups in total. The van der Waals surface area contributed by atoms with Crippen LogP contribution in [-0.2, 0) is 14.1 Å². The third kappa shape index (κ3) is 4.54. The normalized spacial score (nSPS) is 12.1. The average molecular weight is 421 g/mol. The van der Waals surface area contributed by atoms with Gasteiger partial charge in [-0.1, -0.05) is 55.1 Å². The number of carbonyl (C=O) groups is 1. The van der Waals surface area contributed by atoms with Crippen LogP contribution in [0.15, 0.2) is 97.1 Å². The molecule has 154 valence electrons. The third-order valence-corrected chi connectivity index (χ3v) is 7.47. The molecule has 0 aliphatic carbocycles. The molecule has 0 bridgehead atoms. The largest absolute Gasteiger partial charge is 0.497 e. The molecule has 0 aliphatic rings. The molecule has 1 atom stereocenters. The first kappa shape index (κ1) is 21.6. The summed E-state index contributed by atoms with van der Waals surface area (Å²) < 4.78 is 24.5. The van der Waals surface area contributed by atoms with E-state index in [-0.39, 0.29) is 5.57 Å². The van der Waals surface area contributed by atoms with Gasteiger partial charge in [-0.15, -0.1) is 0 Å². The van der Waals surface area contributed by atoms with Crippen LogP contribution in [0, 0.1) is 0 Å². The zero-order valence-electron chi connectivity index (χ0n) is 16.9. The number of methoxy groups -OCH3 is 2. The fourth-order valence-corrected chi connectivity index (χ4v) is 5.60. The maximum atomic E-state index is 14.4. The van der Waals surface area contributed by atoms with E-state index in [1.165, 1.54) is 7.11 Å². The Morgan fingerprint density at radius 1 is 0.867 bits per heavy atom. The first-order valence-corrected chi connectivity index (χ1v) is 11.1. The highest BCUT2D eigenvalue weighted by Crippen LogP contribution is 2.43.